The van der Waals surface area contributed by atoms with Crippen LogP contribution in [0.5, 0.6) is 0 Å². The monoisotopic (exact) mass is 245 g/mol. The molecule has 94 valence electrons. The molecule has 6 heteroatoms. The minimum Gasteiger partial charge on any atom is -0.323 e. The first kappa shape index (κ1) is 12.2. The van der Waals surface area contributed by atoms with Crippen LogP contribution < -0.4 is 5.32 Å². The second kappa shape index (κ2) is 5.90. The lowest BCUT2D eigenvalue weighted by atomic mass is 10.2. The summed E-state index contributed by atoms with van der Waals surface area (Å²) in [7, 11) is 0. The summed E-state index contributed by atoms with van der Waals surface area (Å²) in [6.07, 6.45) is 7.02. The first-order valence-electron chi connectivity index (χ1n) is 5.91. The molecule has 0 unspecified atom stereocenters. The fourth-order valence-electron chi connectivity index (χ4n) is 1.54. The van der Waals surface area contributed by atoms with Crippen LogP contribution in [-0.2, 0) is 4.79 Å². The molecule has 0 atom stereocenters. The van der Waals surface area contributed by atoms with Crippen LogP contribution in [0.1, 0.15) is 26.2 Å². The van der Waals surface area contributed by atoms with Crippen LogP contribution in [-0.4, -0.2) is 25.7 Å². The molecule has 2 aromatic heterocycles. The van der Waals surface area contributed by atoms with Gasteiger partial charge in [-0.3, -0.25) is 4.79 Å². The molecule has 18 heavy (non-hydrogen) atoms. The zero-order valence-corrected chi connectivity index (χ0v) is 10.2. The molecular weight excluding hydrogens is 230 g/mol. The second-order valence-electron chi connectivity index (χ2n) is 3.87. The van der Waals surface area contributed by atoms with E-state index < -0.39 is 0 Å². The van der Waals surface area contributed by atoms with Gasteiger partial charge in [0.15, 0.2) is 5.82 Å². The fourth-order valence-corrected chi connectivity index (χ4v) is 1.54. The van der Waals surface area contributed by atoms with Crippen molar-refractivity contribution in [1.29, 1.82) is 0 Å². The molecule has 0 aromatic carbocycles. The van der Waals surface area contributed by atoms with Crippen molar-refractivity contribution in [3.05, 3.63) is 31.0 Å². The van der Waals surface area contributed by atoms with E-state index in [2.05, 4.69) is 27.3 Å². The molecular formula is C12H15N5O. The Balaban J connectivity index is 2.16. The van der Waals surface area contributed by atoms with Gasteiger partial charge in [-0.15, -0.1) is 0 Å². The van der Waals surface area contributed by atoms with E-state index in [9.17, 15) is 4.79 Å². The number of unbranched alkanes of at least 4 members (excludes halogenated alkanes) is 1. The third-order valence-corrected chi connectivity index (χ3v) is 2.45. The summed E-state index contributed by atoms with van der Waals surface area (Å²) in [5.41, 5.74) is 0.643. The summed E-state index contributed by atoms with van der Waals surface area (Å²) in [5.74, 6) is 0.561. The number of pyridine rings is 1. The summed E-state index contributed by atoms with van der Waals surface area (Å²) in [5, 5.41) is 6.85. The number of carbonyl (C=O) groups is 1. The highest BCUT2D eigenvalue weighted by Gasteiger charge is 2.09. The molecule has 2 rings (SSSR count). The van der Waals surface area contributed by atoms with E-state index in [1.165, 1.54) is 11.0 Å². The van der Waals surface area contributed by atoms with E-state index in [1.807, 2.05) is 0 Å². The van der Waals surface area contributed by atoms with Crippen LogP contribution in [0.3, 0.4) is 0 Å². The third kappa shape index (κ3) is 2.91. The molecule has 0 aliphatic carbocycles. The van der Waals surface area contributed by atoms with E-state index >= 15 is 0 Å². The van der Waals surface area contributed by atoms with Crippen LogP contribution in [0.4, 0.5) is 5.69 Å². The highest BCUT2D eigenvalue weighted by Crippen LogP contribution is 2.16. The molecule has 1 N–H and O–H groups in total. The third-order valence-electron chi connectivity index (χ3n) is 2.45. The van der Waals surface area contributed by atoms with E-state index in [-0.39, 0.29) is 5.91 Å². The number of carbonyl (C=O) groups excluding carboxylic acids is 1. The largest absolute Gasteiger partial charge is 0.323 e. The Bertz CT molecular complexity index is 509. The van der Waals surface area contributed by atoms with Crippen LogP contribution in [0.2, 0.25) is 0 Å². The Morgan fingerprint density at radius 1 is 1.50 bits per heavy atom. The van der Waals surface area contributed by atoms with Crippen molar-refractivity contribution in [1.82, 2.24) is 19.7 Å². The molecule has 0 bridgehead atoms. The molecule has 6 nitrogen and oxygen atoms in total. The Morgan fingerprint density at radius 3 is 3.11 bits per heavy atom. The number of hydrogen-bond donors (Lipinski definition) is 1. The molecule has 0 fully saturated rings. The van der Waals surface area contributed by atoms with Crippen molar-refractivity contribution in [2.24, 2.45) is 0 Å². The molecule has 0 spiro atoms. The summed E-state index contributed by atoms with van der Waals surface area (Å²) < 4.78 is 1.52. The average Bonchev–Trinajstić information content (AvgIpc) is 2.91. The van der Waals surface area contributed by atoms with Gasteiger partial charge in [-0.1, -0.05) is 13.3 Å². The van der Waals surface area contributed by atoms with E-state index in [0.717, 1.165) is 12.8 Å². The van der Waals surface area contributed by atoms with Crippen molar-refractivity contribution in [3.63, 3.8) is 0 Å². The van der Waals surface area contributed by atoms with Crippen molar-refractivity contribution in [3.8, 4) is 5.82 Å². The minimum atomic E-state index is -0.00813. The maximum Gasteiger partial charge on any atom is 0.224 e. The van der Waals surface area contributed by atoms with Gasteiger partial charge in [-0.2, -0.15) is 5.10 Å². The summed E-state index contributed by atoms with van der Waals surface area (Å²) in [6, 6.07) is 3.57. The quantitative estimate of drug-likeness (QED) is 0.871. The van der Waals surface area contributed by atoms with Gasteiger partial charge in [-0.05, 0) is 18.6 Å². The molecule has 0 aliphatic heterocycles. The average molecular weight is 245 g/mol. The number of nitrogens with zero attached hydrogens (tertiary/aromatic N) is 4. The predicted molar refractivity (Wildman–Crippen MR) is 67.3 cm³/mol. The van der Waals surface area contributed by atoms with Crippen molar-refractivity contribution >= 4 is 11.6 Å². The maximum atomic E-state index is 11.7. The number of anilines is 1. The molecule has 2 aromatic rings. The molecule has 2 heterocycles. The van der Waals surface area contributed by atoms with Gasteiger partial charge in [0.2, 0.25) is 5.91 Å². The number of rotatable bonds is 5. The van der Waals surface area contributed by atoms with Crippen LogP contribution in [0, 0.1) is 0 Å². The Morgan fingerprint density at radius 2 is 2.39 bits per heavy atom. The van der Waals surface area contributed by atoms with Gasteiger partial charge in [0.05, 0.1) is 5.69 Å². The first-order chi connectivity index (χ1) is 8.81. The van der Waals surface area contributed by atoms with Crippen LogP contribution in [0.15, 0.2) is 31.0 Å². The summed E-state index contributed by atoms with van der Waals surface area (Å²) in [4.78, 5) is 19.8. The molecule has 0 radical (unpaired) electrons. The van der Waals surface area contributed by atoms with Crippen LogP contribution >= 0.6 is 0 Å². The van der Waals surface area contributed by atoms with Crippen LogP contribution in [0.25, 0.3) is 5.82 Å². The summed E-state index contributed by atoms with van der Waals surface area (Å²) in [6.45, 7) is 2.05. The Kier molecular flexibility index (Phi) is 4.01. The fraction of sp³-hybridized carbons (Fsp3) is 0.333. The van der Waals surface area contributed by atoms with Gasteiger partial charge in [0.1, 0.15) is 12.7 Å². The lowest BCUT2D eigenvalue weighted by molar-refractivity contribution is -0.116. The molecule has 0 saturated carbocycles. The molecule has 1 amide bonds. The molecule has 0 saturated heterocycles. The highest BCUT2D eigenvalue weighted by atomic mass is 16.1. The molecule has 0 aliphatic rings. The lowest BCUT2D eigenvalue weighted by Crippen LogP contribution is -2.14. The number of aromatic nitrogens is 4. The SMILES string of the molecule is CCCCC(=O)Nc1cccnc1-n1cncn1. The first-order valence-corrected chi connectivity index (χ1v) is 5.91. The maximum absolute atomic E-state index is 11.7. The zero-order valence-electron chi connectivity index (χ0n) is 10.2. The minimum absolute atomic E-state index is 0.00813. The Hall–Kier alpha value is -2.24. The van der Waals surface area contributed by atoms with E-state index in [0.29, 0.717) is 17.9 Å². The van der Waals surface area contributed by atoms with E-state index in [4.69, 9.17) is 0 Å². The zero-order chi connectivity index (χ0) is 12.8. The van der Waals surface area contributed by atoms with Gasteiger partial charge >= 0.3 is 0 Å². The lowest BCUT2D eigenvalue weighted by Gasteiger charge is -2.09. The normalized spacial score (nSPS) is 10.3. The topological polar surface area (TPSA) is 72.7 Å². The van der Waals surface area contributed by atoms with Gasteiger partial charge in [-0.25, -0.2) is 14.6 Å². The highest BCUT2D eigenvalue weighted by molar-refractivity contribution is 5.92. The van der Waals surface area contributed by atoms with Gasteiger partial charge in [0.25, 0.3) is 0 Å². The number of nitrogens with one attached hydrogen (secondary N) is 1. The van der Waals surface area contributed by atoms with Gasteiger partial charge < -0.3 is 5.32 Å². The smallest absolute Gasteiger partial charge is 0.224 e. The van der Waals surface area contributed by atoms with Crippen molar-refractivity contribution in [2.75, 3.05) is 5.32 Å². The number of amides is 1. The standard InChI is InChI=1S/C12H15N5O/c1-2-3-6-11(18)16-10-5-4-7-14-12(10)17-9-13-8-15-17/h4-5,7-9H,2-3,6H2,1H3,(H,16,18). The second-order valence-corrected chi connectivity index (χ2v) is 3.87. The van der Waals surface area contributed by atoms with Crippen molar-refractivity contribution in [2.45, 2.75) is 26.2 Å². The van der Waals surface area contributed by atoms with Gasteiger partial charge in [0, 0.05) is 12.6 Å². The summed E-state index contributed by atoms with van der Waals surface area (Å²) >= 11 is 0. The Labute approximate surface area is 105 Å². The predicted octanol–water partition coefficient (Wildman–Crippen LogP) is 1.79. The number of hydrogen-bond acceptors (Lipinski definition) is 4. The van der Waals surface area contributed by atoms with Crippen molar-refractivity contribution < 1.29 is 4.79 Å². The van der Waals surface area contributed by atoms with E-state index in [1.54, 1.807) is 24.7 Å².